The second-order valence-corrected chi connectivity index (χ2v) is 7.39. The number of likely N-dealkylation sites (tertiary alicyclic amines) is 2. The van der Waals surface area contributed by atoms with Crippen molar-refractivity contribution in [2.24, 2.45) is 5.92 Å². The maximum Gasteiger partial charge on any atom is 0.310 e. The SMILES string of the molecule is COC(=O)C1CC(c2ccc(C3CCN(CC(F)F)CC3)cn2)N(C)C1. The van der Waals surface area contributed by atoms with E-state index in [1.54, 1.807) is 0 Å². The van der Waals surface area contributed by atoms with Crippen LogP contribution in [-0.2, 0) is 9.53 Å². The zero-order valence-electron chi connectivity index (χ0n) is 15.4. The van der Waals surface area contributed by atoms with Gasteiger partial charge >= 0.3 is 5.97 Å². The summed E-state index contributed by atoms with van der Waals surface area (Å²) in [6.45, 7) is 1.98. The summed E-state index contributed by atoms with van der Waals surface area (Å²) < 4.78 is 29.8. The Kier molecular flexibility index (Phi) is 6.19. The number of piperidine rings is 1. The number of pyridine rings is 1. The van der Waals surface area contributed by atoms with Crippen molar-refractivity contribution in [2.75, 3.05) is 40.3 Å². The number of carbonyl (C=O) groups is 1. The minimum absolute atomic E-state index is 0.101. The third-order valence-electron chi connectivity index (χ3n) is 5.69. The van der Waals surface area contributed by atoms with Crippen molar-refractivity contribution < 1.29 is 18.3 Å². The molecule has 0 saturated carbocycles. The minimum atomic E-state index is -2.26. The predicted molar refractivity (Wildman–Crippen MR) is 94.2 cm³/mol. The van der Waals surface area contributed by atoms with Crippen LogP contribution in [0, 0.1) is 5.92 Å². The monoisotopic (exact) mass is 367 g/mol. The maximum absolute atomic E-state index is 12.5. The summed E-state index contributed by atoms with van der Waals surface area (Å²) >= 11 is 0. The first-order chi connectivity index (χ1) is 12.5. The molecule has 1 aromatic heterocycles. The molecule has 0 bridgehead atoms. The van der Waals surface area contributed by atoms with Crippen molar-refractivity contribution in [3.05, 3.63) is 29.6 Å². The van der Waals surface area contributed by atoms with Gasteiger partial charge in [-0.25, -0.2) is 8.78 Å². The van der Waals surface area contributed by atoms with Crippen LogP contribution in [0.5, 0.6) is 0 Å². The Balaban J connectivity index is 1.58. The molecule has 3 rings (SSSR count). The van der Waals surface area contributed by atoms with Gasteiger partial charge in [0.15, 0.2) is 0 Å². The van der Waals surface area contributed by atoms with Crippen molar-refractivity contribution in [3.8, 4) is 0 Å². The number of aromatic nitrogens is 1. The standard InChI is InChI=1S/C19H27F2N3O2/c1-23-11-15(19(25)26-2)9-17(23)16-4-3-14(10-22-16)13-5-7-24(8-6-13)12-18(20)21/h3-4,10,13,15,17-18H,5-9,11-12H2,1-2H3. The third-order valence-corrected chi connectivity index (χ3v) is 5.69. The molecule has 26 heavy (non-hydrogen) atoms. The first-order valence-corrected chi connectivity index (χ1v) is 9.22. The van der Waals surface area contributed by atoms with Crippen LogP contribution in [0.1, 0.15) is 42.5 Å². The van der Waals surface area contributed by atoms with Gasteiger partial charge in [0.2, 0.25) is 0 Å². The molecule has 0 aliphatic carbocycles. The van der Waals surface area contributed by atoms with E-state index in [9.17, 15) is 13.6 Å². The Morgan fingerprint density at radius 3 is 2.65 bits per heavy atom. The smallest absolute Gasteiger partial charge is 0.310 e. The van der Waals surface area contributed by atoms with Crippen LogP contribution >= 0.6 is 0 Å². The van der Waals surface area contributed by atoms with Crippen LogP contribution in [0.25, 0.3) is 0 Å². The van der Waals surface area contributed by atoms with Crippen molar-refractivity contribution in [2.45, 2.75) is 37.6 Å². The van der Waals surface area contributed by atoms with Gasteiger partial charge in [0, 0.05) is 12.7 Å². The van der Waals surface area contributed by atoms with Gasteiger partial charge < -0.3 is 4.74 Å². The molecule has 2 unspecified atom stereocenters. The van der Waals surface area contributed by atoms with Crippen LogP contribution in [0.4, 0.5) is 8.78 Å². The van der Waals surface area contributed by atoms with Crippen LogP contribution in [0.15, 0.2) is 18.3 Å². The zero-order chi connectivity index (χ0) is 18.7. The molecule has 2 aliphatic rings. The molecular weight excluding hydrogens is 340 g/mol. The first kappa shape index (κ1) is 19.2. The van der Waals surface area contributed by atoms with Gasteiger partial charge in [0.05, 0.1) is 31.3 Å². The molecule has 5 nitrogen and oxygen atoms in total. The lowest BCUT2D eigenvalue weighted by Crippen LogP contribution is -2.36. The summed E-state index contributed by atoms with van der Waals surface area (Å²) in [4.78, 5) is 20.4. The van der Waals surface area contributed by atoms with Crippen LogP contribution in [0.3, 0.4) is 0 Å². The fourth-order valence-corrected chi connectivity index (χ4v) is 4.18. The Bertz CT molecular complexity index is 603. The number of methoxy groups -OCH3 is 1. The summed E-state index contributed by atoms with van der Waals surface area (Å²) in [5, 5.41) is 0. The maximum atomic E-state index is 12.5. The van der Waals surface area contributed by atoms with Crippen LogP contribution < -0.4 is 0 Å². The number of rotatable bonds is 5. The van der Waals surface area contributed by atoms with Crippen LogP contribution in [0.2, 0.25) is 0 Å². The number of carbonyl (C=O) groups excluding carboxylic acids is 1. The highest BCUT2D eigenvalue weighted by molar-refractivity contribution is 5.73. The van der Waals surface area contributed by atoms with Crippen molar-refractivity contribution >= 4 is 5.97 Å². The highest BCUT2D eigenvalue weighted by atomic mass is 19.3. The fraction of sp³-hybridized carbons (Fsp3) is 0.684. The second kappa shape index (κ2) is 8.39. The fourth-order valence-electron chi connectivity index (χ4n) is 4.18. The van der Waals surface area contributed by atoms with Gasteiger partial charge in [0.25, 0.3) is 6.43 Å². The number of nitrogens with zero attached hydrogens (tertiary/aromatic N) is 3. The van der Waals surface area contributed by atoms with Gasteiger partial charge in [-0.3, -0.25) is 19.6 Å². The largest absolute Gasteiger partial charge is 0.469 e. The van der Waals surface area contributed by atoms with E-state index in [1.807, 2.05) is 24.2 Å². The summed E-state index contributed by atoms with van der Waals surface area (Å²) in [5.41, 5.74) is 2.15. The molecular formula is C19H27F2N3O2. The van der Waals surface area contributed by atoms with E-state index in [4.69, 9.17) is 4.74 Å². The summed E-state index contributed by atoms with van der Waals surface area (Å²) in [5.74, 6) is 0.122. The highest BCUT2D eigenvalue weighted by Gasteiger charge is 2.36. The predicted octanol–water partition coefficient (Wildman–Crippen LogP) is 2.69. The Hall–Kier alpha value is -1.60. The molecule has 2 atom stereocenters. The molecule has 0 N–H and O–H groups in total. The minimum Gasteiger partial charge on any atom is -0.469 e. The Morgan fingerprint density at radius 1 is 1.35 bits per heavy atom. The number of hydrogen-bond donors (Lipinski definition) is 0. The molecule has 2 saturated heterocycles. The number of hydrogen-bond acceptors (Lipinski definition) is 5. The number of alkyl halides is 2. The van der Waals surface area contributed by atoms with Crippen molar-refractivity contribution in [3.63, 3.8) is 0 Å². The van der Waals surface area contributed by atoms with Gasteiger partial charge in [-0.05, 0) is 56.9 Å². The van der Waals surface area contributed by atoms with E-state index in [2.05, 4.69) is 16.0 Å². The van der Waals surface area contributed by atoms with Gasteiger partial charge in [-0.1, -0.05) is 6.07 Å². The van der Waals surface area contributed by atoms with E-state index in [1.165, 1.54) is 12.7 Å². The van der Waals surface area contributed by atoms with Gasteiger partial charge in [-0.15, -0.1) is 0 Å². The molecule has 7 heteroatoms. The molecule has 1 aromatic rings. The van der Waals surface area contributed by atoms with Gasteiger partial charge in [-0.2, -0.15) is 0 Å². The molecule has 0 radical (unpaired) electrons. The average molecular weight is 367 g/mol. The van der Waals surface area contributed by atoms with E-state index < -0.39 is 6.43 Å². The zero-order valence-corrected chi connectivity index (χ0v) is 15.4. The quantitative estimate of drug-likeness (QED) is 0.749. The molecule has 2 aliphatic heterocycles. The summed E-state index contributed by atoms with van der Waals surface area (Å²) in [7, 11) is 3.43. The number of esters is 1. The highest BCUT2D eigenvalue weighted by Crippen LogP contribution is 2.35. The van der Waals surface area contributed by atoms with E-state index in [-0.39, 0.29) is 24.5 Å². The lowest BCUT2D eigenvalue weighted by atomic mass is 9.90. The van der Waals surface area contributed by atoms with E-state index >= 15 is 0 Å². The van der Waals surface area contributed by atoms with Crippen molar-refractivity contribution in [1.82, 2.24) is 14.8 Å². The Morgan fingerprint density at radius 2 is 2.08 bits per heavy atom. The molecule has 2 fully saturated rings. The number of halogens is 2. The molecule has 0 spiro atoms. The van der Waals surface area contributed by atoms with Crippen LogP contribution in [-0.4, -0.2) is 67.5 Å². The van der Waals surface area contributed by atoms with E-state index in [0.717, 1.165) is 25.0 Å². The first-order valence-electron chi connectivity index (χ1n) is 9.22. The summed E-state index contributed by atoms with van der Waals surface area (Å²) in [6, 6.07) is 4.28. The second-order valence-electron chi connectivity index (χ2n) is 7.39. The number of ether oxygens (including phenoxy) is 1. The molecule has 0 aromatic carbocycles. The molecule has 3 heterocycles. The lowest BCUT2D eigenvalue weighted by Gasteiger charge is -2.31. The summed E-state index contributed by atoms with van der Waals surface area (Å²) in [6.07, 6.45) is 2.16. The van der Waals surface area contributed by atoms with E-state index in [0.29, 0.717) is 25.6 Å². The molecule has 144 valence electrons. The van der Waals surface area contributed by atoms with Gasteiger partial charge in [0.1, 0.15) is 0 Å². The third kappa shape index (κ3) is 4.38. The average Bonchev–Trinajstić information content (AvgIpc) is 3.03. The molecule has 0 amide bonds. The van der Waals surface area contributed by atoms with Crippen molar-refractivity contribution in [1.29, 1.82) is 0 Å². The lowest BCUT2D eigenvalue weighted by molar-refractivity contribution is -0.144. The topological polar surface area (TPSA) is 45.7 Å². The Labute approximate surface area is 153 Å². The normalized spacial score (nSPS) is 25.7.